The fourth-order valence-corrected chi connectivity index (χ4v) is 8.28. The quantitative estimate of drug-likeness (QED) is 0.547. The summed E-state index contributed by atoms with van der Waals surface area (Å²) in [7, 11) is 0. The monoisotopic (exact) mass is 390 g/mol. The molecule has 5 aliphatic rings. The number of esters is 1. The fourth-order valence-electron chi connectivity index (χ4n) is 6.69. The molecule has 6 bridgehead atoms. The average Bonchev–Trinajstić information content (AvgIpc) is 2.82. The van der Waals surface area contributed by atoms with E-state index >= 15 is 0 Å². The van der Waals surface area contributed by atoms with Gasteiger partial charge in [-0.3, -0.25) is 4.79 Å². The summed E-state index contributed by atoms with van der Waals surface area (Å²) in [4.78, 5) is 11.7. The molecule has 0 N–H and O–H groups in total. The van der Waals surface area contributed by atoms with Gasteiger partial charge in [0.25, 0.3) is 0 Å². The van der Waals surface area contributed by atoms with Crippen molar-refractivity contribution in [1.82, 2.24) is 0 Å². The molecule has 0 unspecified atom stereocenters. The molecule has 0 aliphatic heterocycles. The van der Waals surface area contributed by atoms with Gasteiger partial charge in [-0.15, -0.1) is 0 Å². The smallest absolute Gasteiger partial charge is 0.302 e. The number of halogens is 1. The maximum Gasteiger partial charge on any atom is 0.302 e. The van der Waals surface area contributed by atoms with Gasteiger partial charge >= 0.3 is 5.97 Å². The first kappa shape index (κ1) is 15.4. The molecule has 24 heavy (non-hydrogen) atoms. The van der Waals surface area contributed by atoms with E-state index in [0.29, 0.717) is 28.9 Å². The van der Waals surface area contributed by atoms with Gasteiger partial charge in [0.1, 0.15) is 0 Å². The van der Waals surface area contributed by atoms with Crippen LogP contribution in [0, 0.1) is 35.0 Å². The van der Waals surface area contributed by atoms with Crippen molar-refractivity contribution in [2.45, 2.75) is 37.3 Å². The number of ether oxygens (including phenoxy) is 2. The van der Waals surface area contributed by atoms with E-state index < -0.39 is 0 Å². The van der Waals surface area contributed by atoms with Gasteiger partial charge in [0.05, 0.1) is 19.3 Å². The molecule has 4 heteroatoms. The first-order valence-corrected chi connectivity index (χ1v) is 9.99. The molecular weight excluding hydrogens is 368 g/mol. The molecule has 0 saturated heterocycles. The topological polar surface area (TPSA) is 35.5 Å². The Morgan fingerprint density at radius 3 is 2.75 bits per heavy atom. The number of benzene rings is 1. The number of hydrogen-bond donors (Lipinski definition) is 0. The number of carbonyl (C=O) groups excluding carboxylic acids is 1. The summed E-state index contributed by atoms with van der Waals surface area (Å²) in [6.07, 6.45) is 2.66. The van der Waals surface area contributed by atoms with Crippen molar-refractivity contribution in [2.75, 3.05) is 6.61 Å². The number of carbonyl (C=O) groups is 1. The predicted octanol–water partition coefficient (Wildman–Crippen LogP) is 3.80. The molecule has 5 saturated carbocycles. The number of hydrogen-bond acceptors (Lipinski definition) is 3. The third-order valence-electron chi connectivity index (χ3n) is 7.27. The zero-order chi connectivity index (χ0) is 16.5. The molecular formula is C20H23BrO3. The summed E-state index contributed by atoms with van der Waals surface area (Å²) >= 11 is 4.03. The lowest BCUT2D eigenvalue weighted by atomic mass is 9.97. The van der Waals surface area contributed by atoms with E-state index in [1.807, 2.05) is 6.07 Å². The maximum absolute atomic E-state index is 11.1. The molecule has 128 valence electrons. The minimum Gasteiger partial charge on any atom is -0.466 e. The summed E-state index contributed by atoms with van der Waals surface area (Å²) in [5.74, 6) is 3.80. The summed E-state index contributed by atoms with van der Waals surface area (Å²) in [6.45, 7) is 2.80. The standard InChI is InChI=1S/C20H23BrO3/c1-11(22)23-8-7-20-17-13-9-14(16(18(17)20)15(13)19(20)21)24-10-12-5-3-2-4-6-12/h2-6,13-19H,7-10H2,1H3/t13-,14-,15-,16+,17+,18-,19-,20+/m0/s1. The highest BCUT2D eigenvalue weighted by Crippen LogP contribution is 2.89. The van der Waals surface area contributed by atoms with E-state index in [2.05, 4.69) is 40.2 Å². The van der Waals surface area contributed by atoms with E-state index in [0.717, 1.165) is 36.7 Å². The highest BCUT2D eigenvalue weighted by molar-refractivity contribution is 9.09. The molecule has 0 radical (unpaired) electrons. The van der Waals surface area contributed by atoms with Gasteiger partial charge in [-0.1, -0.05) is 46.3 Å². The van der Waals surface area contributed by atoms with Crippen LogP contribution < -0.4 is 0 Å². The van der Waals surface area contributed by atoms with Crippen LogP contribution >= 0.6 is 15.9 Å². The van der Waals surface area contributed by atoms with Crippen molar-refractivity contribution < 1.29 is 14.3 Å². The van der Waals surface area contributed by atoms with Gasteiger partial charge in [0.2, 0.25) is 0 Å². The van der Waals surface area contributed by atoms with Crippen molar-refractivity contribution >= 4 is 21.9 Å². The minimum absolute atomic E-state index is 0.160. The second kappa shape index (κ2) is 5.31. The molecule has 1 aromatic carbocycles. The molecule has 1 aromatic rings. The summed E-state index contributed by atoms with van der Waals surface area (Å²) in [5.41, 5.74) is 1.65. The van der Waals surface area contributed by atoms with Crippen LogP contribution in [0.5, 0.6) is 0 Å². The van der Waals surface area contributed by atoms with E-state index in [1.165, 1.54) is 18.9 Å². The molecule has 6 rings (SSSR count). The summed E-state index contributed by atoms with van der Waals surface area (Å²) in [5, 5.41) is 0. The van der Waals surface area contributed by atoms with Crippen molar-refractivity contribution in [1.29, 1.82) is 0 Å². The van der Waals surface area contributed by atoms with Gasteiger partial charge in [0.15, 0.2) is 0 Å². The Labute approximate surface area is 151 Å². The predicted molar refractivity (Wildman–Crippen MR) is 93.5 cm³/mol. The SMILES string of the molecule is CC(=O)OCC[C@]12[C@@H]3[C@H]4C[C@H](OCc5ccccc5)[C@H]([C@H]4[C@@H]1Br)[C@@H]32. The zero-order valence-corrected chi connectivity index (χ0v) is 15.4. The molecule has 5 aliphatic carbocycles. The average molecular weight is 391 g/mol. The Balaban J connectivity index is 1.26. The third kappa shape index (κ3) is 1.90. The van der Waals surface area contributed by atoms with Crippen LogP contribution in [-0.2, 0) is 20.9 Å². The summed E-state index contributed by atoms with van der Waals surface area (Å²) in [6, 6.07) is 10.5. The van der Waals surface area contributed by atoms with Gasteiger partial charge < -0.3 is 9.47 Å². The molecule has 0 heterocycles. The lowest BCUT2D eigenvalue weighted by molar-refractivity contribution is -0.141. The van der Waals surface area contributed by atoms with E-state index in [1.54, 1.807) is 0 Å². The Hall–Kier alpha value is -0.870. The highest BCUT2D eigenvalue weighted by Gasteiger charge is 2.88. The lowest BCUT2D eigenvalue weighted by Crippen LogP contribution is -2.23. The second-order valence-electron chi connectivity index (χ2n) is 8.05. The fraction of sp³-hybridized carbons (Fsp3) is 0.650. The van der Waals surface area contributed by atoms with Crippen LogP contribution in [-0.4, -0.2) is 23.5 Å². The molecule has 0 spiro atoms. The number of rotatable bonds is 6. The van der Waals surface area contributed by atoms with Gasteiger partial charge in [-0.2, -0.15) is 0 Å². The van der Waals surface area contributed by atoms with Crippen LogP contribution in [0.25, 0.3) is 0 Å². The molecule has 8 atom stereocenters. The van der Waals surface area contributed by atoms with Gasteiger partial charge in [-0.05, 0) is 53.4 Å². The molecule has 0 aromatic heterocycles. The molecule has 5 fully saturated rings. The Bertz CT molecular complexity index is 658. The van der Waals surface area contributed by atoms with Crippen LogP contribution in [0.1, 0.15) is 25.3 Å². The van der Waals surface area contributed by atoms with Crippen LogP contribution in [0.4, 0.5) is 0 Å². The Morgan fingerprint density at radius 1 is 1.25 bits per heavy atom. The van der Waals surface area contributed by atoms with Crippen molar-refractivity contribution in [2.24, 2.45) is 35.0 Å². The summed E-state index contributed by atoms with van der Waals surface area (Å²) < 4.78 is 11.6. The molecule has 0 amide bonds. The van der Waals surface area contributed by atoms with Gasteiger partial charge in [-0.25, -0.2) is 0 Å². The van der Waals surface area contributed by atoms with Crippen molar-refractivity contribution in [3.8, 4) is 0 Å². The highest BCUT2D eigenvalue weighted by atomic mass is 79.9. The molecule has 3 nitrogen and oxygen atoms in total. The van der Waals surface area contributed by atoms with Crippen molar-refractivity contribution in [3.05, 3.63) is 35.9 Å². The third-order valence-corrected chi connectivity index (χ3v) is 8.73. The first-order valence-electron chi connectivity index (χ1n) is 9.07. The number of alkyl halides is 1. The van der Waals surface area contributed by atoms with Crippen molar-refractivity contribution in [3.63, 3.8) is 0 Å². The first-order chi connectivity index (χ1) is 11.6. The van der Waals surface area contributed by atoms with E-state index in [4.69, 9.17) is 9.47 Å². The zero-order valence-electron chi connectivity index (χ0n) is 13.9. The van der Waals surface area contributed by atoms with Crippen LogP contribution in [0.3, 0.4) is 0 Å². The minimum atomic E-state index is -0.160. The Kier molecular flexibility index (Phi) is 3.41. The lowest BCUT2D eigenvalue weighted by Gasteiger charge is -2.22. The van der Waals surface area contributed by atoms with Crippen LogP contribution in [0.15, 0.2) is 30.3 Å². The maximum atomic E-state index is 11.1. The normalized spacial score (nSPS) is 46.3. The van der Waals surface area contributed by atoms with E-state index in [-0.39, 0.29) is 5.97 Å². The van der Waals surface area contributed by atoms with E-state index in [9.17, 15) is 4.79 Å². The van der Waals surface area contributed by atoms with Crippen LogP contribution in [0.2, 0.25) is 0 Å². The largest absolute Gasteiger partial charge is 0.466 e. The van der Waals surface area contributed by atoms with Gasteiger partial charge in [0, 0.05) is 11.8 Å². The Morgan fingerprint density at radius 2 is 2.04 bits per heavy atom. The second-order valence-corrected chi connectivity index (χ2v) is 9.03.